The van der Waals surface area contributed by atoms with Gasteiger partial charge in [0.15, 0.2) is 11.6 Å². The molecule has 0 saturated carbocycles. The molecule has 1 aliphatic rings. The van der Waals surface area contributed by atoms with E-state index in [9.17, 15) is 0 Å². The van der Waals surface area contributed by atoms with Crippen molar-refractivity contribution >= 4 is 32.7 Å². The van der Waals surface area contributed by atoms with Crippen LogP contribution in [-0.2, 0) is 5.41 Å². The number of hydrogen-bond donors (Lipinski definition) is 0. The fourth-order valence-electron chi connectivity index (χ4n) is 7.74. The number of ether oxygens (including phenoxy) is 1. The van der Waals surface area contributed by atoms with Gasteiger partial charge in [0.2, 0.25) is 11.8 Å². The Balaban J connectivity index is 1.39. The summed E-state index contributed by atoms with van der Waals surface area (Å²) in [4.78, 5) is 15.5. The van der Waals surface area contributed by atoms with Crippen molar-refractivity contribution < 1.29 is 4.74 Å². The number of nitrogens with zero attached hydrogens (tertiary/aromatic N) is 5. The van der Waals surface area contributed by atoms with E-state index in [0.29, 0.717) is 17.6 Å². The van der Waals surface area contributed by atoms with Gasteiger partial charge in [0.05, 0.1) is 16.6 Å². The zero-order chi connectivity index (χ0) is 33.4. The van der Waals surface area contributed by atoms with E-state index in [2.05, 4.69) is 108 Å². The second-order valence-electron chi connectivity index (χ2n) is 13.3. The fourth-order valence-corrected chi connectivity index (χ4v) is 7.74. The highest BCUT2D eigenvalue weighted by Gasteiger charge is 2.40. The van der Waals surface area contributed by atoms with Crippen LogP contribution in [0.1, 0.15) is 25.0 Å². The lowest BCUT2D eigenvalue weighted by molar-refractivity contribution is 0.399. The van der Waals surface area contributed by atoms with Crippen molar-refractivity contribution in [2.24, 2.45) is 0 Å². The van der Waals surface area contributed by atoms with E-state index < -0.39 is 0 Å². The molecule has 50 heavy (non-hydrogen) atoms. The highest BCUT2D eigenvalue weighted by molar-refractivity contribution is 6.19. The summed E-state index contributed by atoms with van der Waals surface area (Å²) in [6, 6.07) is 52.2. The first-order valence-electron chi connectivity index (χ1n) is 16.9. The lowest BCUT2D eigenvalue weighted by Crippen LogP contribution is -2.24. The molecule has 10 rings (SSSR count). The molecule has 6 heteroatoms. The molecule has 4 heterocycles. The van der Waals surface area contributed by atoms with Crippen LogP contribution in [0.2, 0.25) is 0 Å². The van der Waals surface area contributed by atoms with Gasteiger partial charge >= 0.3 is 0 Å². The lowest BCUT2D eigenvalue weighted by Gasteiger charge is -2.33. The van der Waals surface area contributed by atoms with Crippen LogP contribution in [0.3, 0.4) is 0 Å². The zero-order valence-corrected chi connectivity index (χ0v) is 27.6. The average Bonchev–Trinajstić information content (AvgIpc) is 3.69. The van der Waals surface area contributed by atoms with Crippen LogP contribution in [-0.4, -0.2) is 24.1 Å². The highest BCUT2D eigenvalue weighted by Crippen LogP contribution is 2.54. The van der Waals surface area contributed by atoms with Gasteiger partial charge in [-0.2, -0.15) is 9.97 Å². The van der Waals surface area contributed by atoms with E-state index in [4.69, 9.17) is 19.7 Å². The summed E-state index contributed by atoms with van der Waals surface area (Å²) in [5.74, 6) is 3.48. The largest absolute Gasteiger partial charge is 0.440 e. The van der Waals surface area contributed by atoms with Crippen LogP contribution in [0, 0.1) is 0 Å². The van der Waals surface area contributed by atoms with Gasteiger partial charge in [-0.1, -0.05) is 141 Å². The van der Waals surface area contributed by atoms with Crippen LogP contribution >= 0.6 is 0 Å². The predicted molar refractivity (Wildman–Crippen MR) is 201 cm³/mol. The summed E-state index contributed by atoms with van der Waals surface area (Å²) >= 11 is 0. The second kappa shape index (κ2) is 10.7. The summed E-state index contributed by atoms with van der Waals surface area (Å²) < 4.78 is 11.4. The summed E-state index contributed by atoms with van der Waals surface area (Å²) in [7, 11) is 0. The molecule has 0 N–H and O–H groups in total. The molecule has 0 atom stereocenters. The Kier molecular flexibility index (Phi) is 6.12. The van der Waals surface area contributed by atoms with Gasteiger partial charge in [-0.3, -0.25) is 9.13 Å². The van der Waals surface area contributed by atoms with Crippen molar-refractivity contribution in [3.8, 4) is 46.0 Å². The standard InChI is InChI=1S/C44H31N5O/c1-44(2)34-23-13-15-25-36(34)50-42-37(44)33-27-26-32-31-22-12-14-24-35(31)49(38(32)39(33)48(42)30-20-10-5-11-21-30)43-46-40(28-16-6-3-7-17-28)45-41(47-43)29-18-8-4-9-19-29/h3-27H,1-2H3. The van der Waals surface area contributed by atoms with Crippen LogP contribution in [0.25, 0.3) is 67.1 Å². The summed E-state index contributed by atoms with van der Waals surface area (Å²) in [5, 5.41) is 3.36. The van der Waals surface area contributed by atoms with E-state index in [-0.39, 0.29) is 5.41 Å². The summed E-state index contributed by atoms with van der Waals surface area (Å²) in [6.45, 7) is 4.60. The molecule has 0 amide bonds. The SMILES string of the molecule is CC1(C)c2ccccc2Oc2c1c1ccc3c4ccccc4n(-c4nc(-c5ccccc5)nc(-c5ccccc5)n4)c3c1n2-c1ccccc1. The minimum absolute atomic E-state index is 0.332. The number of fused-ring (bicyclic) bond motifs is 8. The molecule has 0 bridgehead atoms. The van der Waals surface area contributed by atoms with Gasteiger partial charge < -0.3 is 4.74 Å². The van der Waals surface area contributed by atoms with E-state index in [0.717, 1.165) is 72.3 Å². The number of aromatic nitrogens is 5. The van der Waals surface area contributed by atoms with Crippen LogP contribution in [0.4, 0.5) is 0 Å². The monoisotopic (exact) mass is 645 g/mol. The maximum absolute atomic E-state index is 6.92. The molecule has 0 unspecified atom stereocenters. The third-order valence-electron chi connectivity index (χ3n) is 10.0. The zero-order valence-electron chi connectivity index (χ0n) is 27.6. The Hall–Kier alpha value is -6.53. The van der Waals surface area contributed by atoms with Gasteiger partial charge in [0.25, 0.3) is 0 Å². The fraction of sp³-hybridized carbons (Fsp3) is 0.0682. The predicted octanol–water partition coefficient (Wildman–Crippen LogP) is 10.7. The highest BCUT2D eigenvalue weighted by atomic mass is 16.5. The third kappa shape index (κ3) is 4.12. The lowest BCUT2D eigenvalue weighted by atomic mass is 9.76. The van der Waals surface area contributed by atoms with Crippen molar-refractivity contribution in [3.05, 3.63) is 163 Å². The maximum Gasteiger partial charge on any atom is 0.238 e. The van der Waals surface area contributed by atoms with Crippen LogP contribution in [0.5, 0.6) is 11.6 Å². The molecule has 238 valence electrons. The smallest absolute Gasteiger partial charge is 0.238 e. The first-order chi connectivity index (χ1) is 24.6. The molecular formula is C44H31N5O. The molecule has 0 spiro atoms. The minimum atomic E-state index is -0.332. The maximum atomic E-state index is 6.92. The Morgan fingerprint density at radius 1 is 0.500 bits per heavy atom. The Morgan fingerprint density at radius 3 is 1.76 bits per heavy atom. The molecular weight excluding hydrogens is 615 g/mol. The first kappa shape index (κ1) is 28.5. The molecule has 6 aromatic carbocycles. The number of para-hydroxylation sites is 3. The van der Waals surface area contributed by atoms with Gasteiger partial charge in [0.1, 0.15) is 5.75 Å². The molecule has 0 radical (unpaired) electrons. The van der Waals surface area contributed by atoms with Crippen molar-refractivity contribution in [2.45, 2.75) is 19.3 Å². The van der Waals surface area contributed by atoms with Gasteiger partial charge in [-0.15, -0.1) is 0 Å². The molecule has 3 aromatic heterocycles. The summed E-state index contributed by atoms with van der Waals surface area (Å²) in [6.07, 6.45) is 0. The van der Waals surface area contributed by atoms with Crippen molar-refractivity contribution in [3.63, 3.8) is 0 Å². The van der Waals surface area contributed by atoms with Gasteiger partial charge in [-0.25, -0.2) is 4.98 Å². The first-order valence-corrected chi connectivity index (χ1v) is 16.9. The summed E-state index contributed by atoms with van der Waals surface area (Å²) in [5.41, 5.74) is 7.92. The molecule has 0 fully saturated rings. The van der Waals surface area contributed by atoms with E-state index in [1.165, 1.54) is 0 Å². The molecule has 9 aromatic rings. The average molecular weight is 646 g/mol. The van der Waals surface area contributed by atoms with Gasteiger partial charge in [-0.05, 0) is 24.3 Å². The number of hydrogen-bond acceptors (Lipinski definition) is 4. The van der Waals surface area contributed by atoms with E-state index in [1.54, 1.807) is 0 Å². The molecule has 6 nitrogen and oxygen atoms in total. The molecule has 1 aliphatic heterocycles. The van der Waals surface area contributed by atoms with Crippen molar-refractivity contribution in [1.29, 1.82) is 0 Å². The quantitative estimate of drug-likeness (QED) is 0.191. The van der Waals surface area contributed by atoms with Gasteiger partial charge in [0, 0.05) is 49.5 Å². The van der Waals surface area contributed by atoms with E-state index >= 15 is 0 Å². The minimum Gasteiger partial charge on any atom is -0.440 e. The number of benzene rings is 6. The Labute approximate surface area is 288 Å². The topological polar surface area (TPSA) is 57.8 Å². The second-order valence-corrected chi connectivity index (χ2v) is 13.3. The number of rotatable bonds is 4. The van der Waals surface area contributed by atoms with E-state index in [1.807, 2.05) is 66.7 Å². The third-order valence-corrected chi connectivity index (χ3v) is 10.0. The Morgan fingerprint density at radius 2 is 1.06 bits per heavy atom. The molecule has 0 aliphatic carbocycles. The van der Waals surface area contributed by atoms with Crippen LogP contribution < -0.4 is 4.74 Å². The normalized spacial score (nSPS) is 13.3. The van der Waals surface area contributed by atoms with Crippen LogP contribution in [0.15, 0.2) is 152 Å². The van der Waals surface area contributed by atoms with Crippen molar-refractivity contribution in [1.82, 2.24) is 24.1 Å². The molecule has 0 saturated heterocycles. The van der Waals surface area contributed by atoms with Crippen molar-refractivity contribution in [2.75, 3.05) is 0 Å². The Bertz CT molecular complexity index is 2690.